The molecule has 3 rings (SSSR count). The van der Waals surface area contributed by atoms with E-state index in [4.69, 9.17) is 0 Å². The molecule has 1 aromatic heterocycles. The number of fused-ring (bicyclic) bond motifs is 3. The molecule has 0 aliphatic heterocycles. The molecule has 4 heteroatoms. The quantitative estimate of drug-likeness (QED) is 0.571. The van der Waals surface area contributed by atoms with E-state index in [9.17, 15) is 10.0 Å². The Hall–Kier alpha value is -1.45. The summed E-state index contributed by atoms with van der Waals surface area (Å²) in [6, 6.07) is 5.59. The zero-order chi connectivity index (χ0) is 11.1. The van der Waals surface area contributed by atoms with Gasteiger partial charge in [0.05, 0.1) is 10.8 Å². The van der Waals surface area contributed by atoms with Gasteiger partial charge in [0.15, 0.2) is 0 Å². The summed E-state index contributed by atoms with van der Waals surface area (Å²) in [5.74, 6) is 0. The van der Waals surface area contributed by atoms with Gasteiger partial charge in [0.1, 0.15) is 22.6 Å². The third kappa shape index (κ3) is 1.33. The molecule has 1 heterocycles. The molecule has 2 N–H and O–H groups in total. The van der Waals surface area contributed by atoms with E-state index < -0.39 is 7.12 Å². The maximum atomic E-state index is 9.30. The molecule has 1 aliphatic rings. The van der Waals surface area contributed by atoms with Crippen LogP contribution in [-0.4, -0.2) is 17.2 Å². The standard InChI is InChI=1S/C12H8BO2S/c14-13(15)10-6-3-5-9-8-4-1-2-7-11(8)16-12(9)10/h1,3-7,14-15H/q+1. The lowest BCUT2D eigenvalue weighted by Crippen LogP contribution is -2.29. The van der Waals surface area contributed by atoms with Crippen molar-refractivity contribution in [2.45, 2.75) is 0 Å². The van der Waals surface area contributed by atoms with E-state index in [0.29, 0.717) is 5.46 Å². The summed E-state index contributed by atoms with van der Waals surface area (Å²) < 4.78 is 0.937. The number of benzene rings is 1. The smallest absolute Gasteiger partial charge is 0.423 e. The molecule has 0 saturated heterocycles. The minimum atomic E-state index is -1.42. The second-order valence-corrected chi connectivity index (χ2v) is 4.67. The highest BCUT2D eigenvalue weighted by molar-refractivity contribution is 7.21. The van der Waals surface area contributed by atoms with Crippen LogP contribution < -0.4 is 5.46 Å². The highest BCUT2D eigenvalue weighted by Crippen LogP contribution is 2.33. The Labute approximate surface area is 97.3 Å². The summed E-state index contributed by atoms with van der Waals surface area (Å²) in [5, 5.41) is 19.7. The molecule has 2 nitrogen and oxygen atoms in total. The molecule has 76 valence electrons. The molecule has 16 heavy (non-hydrogen) atoms. The summed E-state index contributed by atoms with van der Waals surface area (Å²) in [6.07, 6.45) is 8.83. The number of hydrogen-bond acceptors (Lipinski definition) is 3. The van der Waals surface area contributed by atoms with Crippen LogP contribution in [0.2, 0.25) is 0 Å². The molecule has 1 aliphatic carbocycles. The Morgan fingerprint density at radius 2 is 2.12 bits per heavy atom. The second-order valence-electron chi connectivity index (χ2n) is 3.62. The predicted octanol–water partition coefficient (Wildman–Crippen LogP) is 1.42. The molecule has 2 aromatic rings. The van der Waals surface area contributed by atoms with Gasteiger partial charge in [0, 0.05) is 16.9 Å². The van der Waals surface area contributed by atoms with Crippen molar-refractivity contribution in [3.05, 3.63) is 40.8 Å². The fraction of sp³-hybridized carbons (Fsp3) is 0. The summed E-state index contributed by atoms with van der Waals surface area (Å²) in [7, 11) is -1.42. The number of thiophene rings is 1. The fourth-order valence-corrected chi connectivity index (χ4v) is 3.13. The first-order chi connectivity index (χ1) is 7.77. The summed E-state index contributed by atoms with van der Waals surface area (Å²) >= 11 is 1.57. The van der Waals surface area contributed by atoms with E-state index in [1.54, 1.807) is 17.4 Å². The Bertz CT molecular complexity index is 611. The lowest BCUT2D eigenvalue weighted by molar-refractivity contribution is 0.426. The predicted molar refractivity (Wildman–Crippen MR) is 68.4 cm³/mol. The fourth-order valence-electron chi connectivity index (χ4n) is 1.92. The summed E-state index contributed by atoms with van der Waals surface area (Å²) in [5.41, 5.74) is 1.71. The molecule has 1 aromatic carbocycles. The highest BCUT2D eigenvalue weighted by Gasteiger charge is 2.22. The minimum Gasteiger partial charge on any atom is -0.423 e. The maximum Gasteiger partial charge on any atom is 0.489 e. The lowest BCUT2D eigenvalue weighted by Gasteiger charge is -1.99. The normalized spacial score (nSPS) is 12.6. The van der Waals surface area contributed by atoms with Crippen LogP contribution in [-0.2, 0) is 0 Å². The Kier molecular flexibility index (Phi) is 2.16. The van der Waals surface area contributed by atoms with Crippen LogP contribution in [0.1, 0.15) is 10.4 Å². The Balaban J connectivity index is 2.39. The van der Waals surface area contributed by atoms with Gasteiger partial charge in [-0.2, -0.15) is 0 Å². The van der Waals surface area contributed by atoms with Crippen molar-refractivity contribution in [3.8, 4) is 0 Å². The molecule has 0 unspecified atom stereocenters. The van der Waals surface area contributed by atoms with Gasteiger partial charge in [-0.1, -0.05) is 29.5 Å². The van der Waals surface area contributed by atoms with Crippen LogP contribution in [0.25, 0.3) is 22.2 Å². The summed E-state index contributed by atoms with van der Waals surface area (Å²) in [6.45, 7) is 0. The van der Waals surface area contributed by atoms with Gasteiger partial charge in [-0.05, 0) is 0 Å². The molecule has 0 amide bonds. The third-order valence-electron chi connectivity index (χ3n) is 2.65. The van der Waals surface area contributed by atoms with E-state index in [0.717, 1.165) is 20.5 Å². The number of allylic oxidation sites excluding steroid dienone is 2. The average molecular weight is 227 g/mol. The van der Waals surface area contributed by atoms with E-state index in [2.05, 4.69) is 6.08 Å². The maximum absolute atomic E-state index is 9.30. The average Bonchev–Trinajstić information content (AvgIpc) is 2.67. The first-order valence-electron chi connectivity index (χ1n) is 4.95. The van der Waals surface area contributed by atoms with Crippen molar-refractivity contribution < 1.29 is 10.0 Å². The van der Waals surface area contributed by atoms with Crippen molar-refractivity contribution in [3.63, 3.8) is 0 Å². The van der Waals surface area contributed by atoms with E-state index in [-0.39, 0.29) is 0 Å². The first-order valence-corrected chi connectivity index (χ1v) is 5.76. The molecule has 0 spiro atoms. The largest absolute Gasteiger partial charge is 0.489 e. The van der Waals surface area contributed by atoms with Crippen molar-refractivity contribution in [1.82, 2.24) is 0 Å². The van der Waals surface area contributed by atoms with Crippen molar-refractivity contribution in [2.24, 2.45) is 0 Å². The highest BCUT2D eigenvalue weighted by atomic mass is 32.1. The topological polar surface area (TPSA) is 40.5 Å². The molecule has 0 saturated carbocycles. The molecule has 0 bridgehead atoms. The van der Waals surface area contributed by atoms with Gasteiger partial charge in [0.25, 0.3) is 0 Å². The van der Waals surface area contributed by atoms with Gasteiger partial charge >= 0.3 is 7.12 Å². The monoisotopic (exact) mass is 227 g/mol. The van der Waals surface area contributed by atoms with E-state index >= 15 is 0 Å². The van der Waals surface area contributed by atoms with Crippen LogP contribution in [0.15, 0.2) is 24.3 Å². The SMILES string of the molecule is OB(O)c1cccc2c3c(sc12)C=[C+]C=C3. The summed E-state index contributed by atoms with van der Waals surface area (Å²) in [4.78, 5) is 1.12. The van der Waals surface area contributed by atoms with Gasteiger partial charge in [0.2, 0.25) is 0 Å². The van der Waals surface area contributed by atoms with E-state index in [1.165, 1.54) is 0 Å². The zero-order valence-corrected chi connectivity index (χ0v) is 9.16. The van der Waals surface area contributed by atoms with Gasteiger partial charge in [-0.15, -0.1) is 0 Å². The third-order valence-corrected chi connectivity index (χ3v) is 3.87. The van der Waals surface area contributed by atoms with Crippen molar-refractivity contribution in [2.75, 3.05) is 0 Å². The van der Waals surface area contributed by atoms with Crippen LogP contribution in [0.3, 0.4) is 0 Å². The minimum absolute atomic E-state index is 0.568. The van der Waals surface area contributed by atoms with Gasteiger partial charge < -0.3 is 10.0 Å². The van der Waals surface area contributed by atoms with Crippen LogP contribution in [0.4, 0.5) is 0 Å². The van der Waals surface area contributed by atoms with Crippen molar-refractivity contribution >= 4 is 46.2 Å². The van der Waals surface area contributed by atoms with Crippen molar-refractivity contribution in [1.29, 1.82) is 0 Å². The Morgan fingerprint density at radius 3 is 2.94 bits per heavy atom. The van der Waals surface area contributed by atoms with E-state index in [1.807, 2.05) is 30.4 Å². The van der Waals surface area contributed by atoms with Gasteiger partial charge in [-0.25, -0.2) is 0 Å². The molecule has 0 fully saturated rings. The van der Waals surface area contributed by atoms with Crippen LogP contribution in [0, 0.1) is 6.08 Å². The second kappa shape index (κ2) is 3.54. The zero-order valence-electron chi connectivity index (χ0n) is 8.34. The molecular weight excluding hydrogens is 219 g/mol. The first kappa shape index (κ1) is 9.76. The van der Waals surface area contributed by atoms with Crippen LogP contribution >= 0.6 is 11.3 Å². The lowest BCUT2D eigenvalue weighted by atomic mass is 9.79. The van der Waals surface area contributed by atoms with Gasteiger partial charge in [-0.3, -0.25) is 0 Å². The Morgan fingerprint density at radius 1 is 1.25 bits per heavy atom. The molecule has 0 atom stereocenters. The number of rotatable bonds is 1. The van der Waals surface area contributed by atoms with Crippen LogP contribution in [0.5, 0.6) is 0 Å². The molecular formula is C12H8BO2S+. The molecule has 0 radical (unpaired) electrons. The number of hydrogen-bond donors (Lipinski definition) is 2.